The zero-order valence-corrected chi connectivity index (χ0v) is 19.2. The summed E-state index contributed by atoms with van der Waals surface area (Å²) in [6.45, 7) is 2.03. The number of aromatic hydroxyl groups is 1. The van der Waals surface area contributed by atoms with Crippen LogP contribution in [-0.4, -0.2) is 38.0 Å². The average Bonchev–Trinajstić information content (AvgIpc) is 3.19. The first kappa shape index (κ1) is 22.5. The number of hydrogen-bond donors (Lipinski definition) is 2. The third-order valence-corrected chi connectivity index (χ3v) is 8.53. The van der Waals surface area contributed by atoms with E-state index in [1.807, 2.05) is 42.5 Å². The van der Waals surface area contributed by atoms with Gasteiger partial charge in [0.05, 0.1) is 12.7 Å². The molecule has 1 aliphatic rings. The molecule has 1 aromatic heterocycles. The minimum absolute atomic E-state index is 0.0109. The standard InChI is InChI=1S/C23H24N2O5S2/c1-30-22(27)21-19-11-12-25(14-17-7-9-18(26)10-8-17)15-20(19)31-23(21)32(28,29)24-13-16-5-3-2-4-6-16/h2-10,24,26H,11-15H2,1H3. The maximum absolute atomic E-state index is 13.1. The fourth-order valence-electron chi connectivity index (χ4n) is 3.76. The van der Waals surface area contributed by atoms with Gasteiger partial charge in [-0.3, -0.25) is 4.90 Å². The number of phenols is 1. The van der Waals surface area contributed by atoms with E-state index in [2.05, 4.69) is 9.62 Å². The van der Waals surface area contributed by atoms with Crippen LogP contribution >= 0.6 is 11.3 Å². The second kappa shape index (κ2) is 9.41. The SMILES string of the molecule is COC(=O)c1c(S(=O)(=O)NCc2ccccc2)sc2c1CCN(Cc1ccc(O)cc1)C2. The van der Waals surface area contributed by atoms with Crippen LogP contribution in [-0.2, 0) is 40.8 Å². The molecule has 7 nitrogen and oxygen atoms in total. The van der Waals surface area contributed by atoms with E-state index in [9.17, 15) is 18.3 Å². The number of rotatable bonds is 7. The van der Waals surface area contributed by atoms with Crippen molar-refractivity contribution in [2.45, 2.75) is 30.3 Å². The van der Waals surface area contributed by atoms with Crippen LogP contribution < -0.4 is 4.72 Å². The lowest BCUT2D eigenvalue weighted by Crippen LogP contribution is -2.30. The summed E-state index contributed by atoms with van der Waals surface area (Å²) >= 11 is 1.13. The number of nitrogens with zero attached hydrogens (tertiary/aromatic N) is 1. The zero-order valence-electron chi connectivity index (χ0n) is 17.6. The Bertz CT molecular complexity index is 1210. The number of methoxy groups -OCH3 is 1. The first-order valence-electron chi connectivity index (χ1n) is 10.1. The molecular weight excluding hydrogens is 448 g/mol. The smallest absolute Gasteiger partial charge is 0.340 e. The number of nitrogens with one attached hydrogen (secondary N) is 1. The minimum Gasteiger partial charge on any atom is -0.508 e. The maximum atomic E-state index is 13.1. The molecule has 0 saturated heterocycles. The van der Waals surface area contributed by atoms with Crippen molar-refractivity contribution in [1.82, 2.24) is 9.62 Å². The number of esters is 1. The van der Waals surface area contributed by atoms with Gasteiger partial charge in [-0.2, -0.15) is 0 Å². The molecule has 9 heteroatoms. The van der Waals surface area contributed by atoms with Gasteiger partial charge in [-0.15, -0.1) is 11.3 Å². The second-order valence-electron chi connectivity index (χ2n) is 7.60. The monoisotopic (exact) mass is 472 g/mol. The number of sulfonamides is 1. The van der Waals surface area contributed by atoms with Crippen molar-refractivity contribution in [3.63, 3.8) is 0 Å². The number of carbonyl (C=O) groups is 1. The molecule has 168 valence electrons. The largest absolute Gasteiger partial charge is 0.508 e. The van der Waals surface area contributed by atoms with E-state index >= 15 is 0 Å². The molecule has 1 aliphatic heterocycles. The summed E-state index contributed by atoms with van der Waals surface area (Å²) in [5, 5.41) is 9.48. The highest BCUT2D eigenvalue weighted by atomic mass is 32.2. The van der Waals surface area contributed by atoms with Crippen LogP contribution in [0.15, 0.2) is 58.8 Å². The molecule has 4 rings (SSSR count). The molecule has 2 heterocycles. The molecule has 2 N–H and O–H groups in total. The van der Waals surface area contributed by atoms with Crippen molar-refractivity contribution in [2.75, 3.05) is 13.7 Å². The summed E-state index contributed by atoms with van der Waals surface area (Å²) in [5.74, 6) is -0.414. The Morgan fingerprint density at radius 2 is 1.84 bits per heavy atom. The molecule has 3 aromatic rings. The first-order chi connectivity index (χ1) is 15.4. The van der Waals surface area contributed by atoms with Crippen LogP contribution in [0.25, 0.3) is 0 Å². The molecule has 0 bridgehead atoms. The molecule has 0 atom stereocenters. The van der Waals surface area contributed by atoms with Crippen molar-refractivity contribution in [1.29, 1.82) is 0 Å². The van der Waals surface area contributed by atoms with Crippen molar-refractivity contribution in [3.05, 3.63) is 81.7 Å². The summed E-state index contributed by atoms with van der Waals surface area (Å²) in [5.41, 5.74) is 2.78. The molecule has 0 amide bonds. The number of carbonyl (C=O) groups excluding carboxylic acids is 1. The van der Waals surface area contributed by atoms with Gasteiger partial charge < -0.3 is 9.84 Å². The number of fused-ring (bicyclic) bond motifs is 1. The summed E-state index contributed by atoms with van der Waals surface area (Å²) in [7, 11) is -2.63. The van der Waals surface area contributed by atoms with Gasteiger partial charge >= 0.3 is 5.97 Å². The van der Waals surface area contributed by atoms with E-state index in [0.29, 0.717) is 26.1 Å². The minimum atomic E-state index is -3.90. The molecule has 0 spiro atoms. The third kappa shape index (κ3) is 4.86. The Labute approximate surface area is 191 Å². The van der Waals surface area contributed by atoms with E-state index in [1.54, 1.807) is 12.1 Å². The fourth-order valence-corrected chi connectivity index (χ4v) is 6.75. The summed E-state index contributed by atoms with van der Waals surface area (Å²) in [6, 6.07) is 16.2. The molecule has 2 aromatic carbocycles. The molecule has 0 radical (unpaired) electrons. The fraction of sp³-hybridized carbons (Fsp3) is 0.261. The Morgan fingerprint density at radius 3 is 2.53 bits per heavy atom. The van der Waals surface area contributed by atoms with Gasteiger partial charge in [-0.25, -0.2) is 17.9 Å². The Balaban J connectivity index is 1.59. The summed E-state index contributed by atoms with van der Waals surface area (Å²) in [4.78, 5) is 15.6. The van der Waals surface area contributed by atoms with Crippen LogP contribution in [0.5, 0.6) is 5.75 Å². The highest BCUT2D eigenvalue weighted by Crippen LogP contribution is 2.37. The van der Waals surface area contributed by atoms with E-state index in [4.69, 9.17) is 4.74 Å². The van der Waals surface area contributed by atoms with Crippen molar-refractivity contribution in [3.8, 4) is 5.75 Å². The third-order valence-electron chi connectivity index (χ3n) is 5.39. The van der Waals surface area contributed by atoms with E-state index < -0.39 is 16.0 Å². The predicted molar refractivity (Wildman–Crippen MR) is 122 cm³/mol. The number of benzene rings is 2. The normalized spacial score (nSPS) is 14.2. The molecule has 0 fully saturated rings. The van der Waals surface area contributed by atoms with Gasteiger partial charge in [0, 0.05) is 31.1 Å². The highest BCUT2D eigenvalue weighted by molar-refractivity contribution is 7.91. The van der Waals surface area contributed by atoms with Crippen LogP contribution in [0.4, 0.5) is 0 Å². The van der Waals surface area contributed by atoms with Crippen LogP contribution in [0, 0.1) is 0 Å². The van der Waals surface area contributed by atoms with Gasteiger partial charge in [0.15, 0.2) is 0 Å². The first-order valence-corrected chi connectivity index (χ1v) is 12.4. The Hall–Kier alpha value is -2.72. The summed E-state index contributed by atoms with van der Waals surface area (Å²) < 4.78 is 33.8. The summed E-state index contributed by atoms with van der Waals surface area (Å²) in [6.07, 6.45) is 0.558. The van der Waals surface area contributed by atoms with Crippen molar-refractivity contribution >= 4 is 27.3 Å². The Kier molecular flexibility index (Phi) is 6.61. The van der Waals surface area contributed by atoms with Gasteiger partial charge in [-0.05, 0) is 35.2 Å². The molecule has 0 unspecified atom stereocenters. The van der Waals surface area contributed by atoms with Gasteiger partial charge in [-0.1, -0.05) is 42.5 Å². The average molecular weight is 473 g/mol. The van der Waals surface area contributed by atoms with Gasteiger partial charge in [0.25, 0.3) is 10.0 Å². The second-order valence-corrected chi connectivity index (χ2v) is 10.7. The quantitative estimate of drug-likeness (QED) is 0.513. The maximum Gasteiger partial charge on any atom is 0.340 e. The Morgan fingerprint density at radius 1 is 1.12 bits per heavy atom. The van der Waals surface area contributed by atoms with Crippen molar-refractivity contribution < 1.29 is 23.1 Å². The van der Waals surface area contributed by atoms with Crippen LogP contribution in [0.2, 0.25) is 0 Å². The molecule has 0 saturated carbocycles. The predicted octanol–water partition coefficient (Wildman–Crippen LogP) is 3.28. The lowest BCUT2D eigenvalue weighted by atomic mass is 10.0. The van der Waals surface area contributed by atoms with Crippen molar-refractivity contribution in [2.24, 2.45) is 0 Å². The molecular formula is C23H24N2O5S2. The highest BCUT2D eigenvalue weighted by Gasteiger charge is 2.34. The van der Waals surface area contributed by atoms with E-state index in [0.717, 1.165) is 32.9 Å². The van der Waals surface area contributed by atoms with E-state index in [1.165, 1.54) is 7.11 Å². The van der Waals surface area contributed by atoms with Crippen LogP contribution in [0.3, 0.4) is 0 Å². The zero-order chi connectivity index (χ0) is 22.7. The number of ether oxygens (including phenoxy) is 1. The molecule has 32 heavy (non-hydrogen) atoms. The van der Waals surface area contributed by atoms with E-state index in [-0.39, 0.29) is 22.1 Å². The lowest BCUT2D eigenvalue weighted by Gasteiger charge is -2.27. The van der Waals surface area contributed by atoms with Crippen LogP contribution in [0.1, 0.15) is 31.9 Å². The van der Waals surface area contributed by atoms with Gasteiger partial charge in [0.1, 0.15) is 9.96 Å². The van der Waals surface area contributed by atoms with Gasteiger partial charge in [0.2, 0.25) is 0 Å². The number of hydrogen-bond acceptors (Lipinski definition) is 7. The number of thiophene rings is 1. The topological polar surface area (TPSA) is 95.9 Å². The number of phenolic OH excluding ortho intramolecular Hbond substituents is 1. The lowest BCUT2D eigenvalue weighted by molar-refractivity contribution is 0.0595. The molecule has 0 aliphatic carbocycles.